The Bertz CT molecular complexity index is 37.9. The average molecular weight is 123 g/mol. The largest absolute Gasteiger partial charge is 2.00 e. The SMILES string of the molecule is O=C([O-])[O-].[H-].[Li+].[Mn+2]. The zero-order valence-electron chi connectivity index (χ0n) is 4.10. The van der Waals surface area contributed by atoms with Crippen molar-refractivity contribution in [2.75, 3.05) is 0 Å². The molecule has 5 heteroatoms. The first-order chi connectivity index (χ1) is 1.73. The Morgan fingerprint density at radius 3 is 1.50 bits per heavy atom. The molecule has 0 aliphatic carbocycles. The molecule has 0 aliphatic heterocycles. The van der Waals surface area contributed by atoms with Crippen LogP contribution in [0.15, 0.2) is 0 Å². The summed E-state index contributed by atoms with van der Waals surface area (Å²) in [5.74, 6) is 0. The summed E-state index contributed by atoms with van der Waals surface area (Å²) in [5.41, 5.74) is 0. The molecule has 0 saturated carbocycles. The van der Waals surface area contributed by atoms with E-state index in [2.05, 4.69) is 0 Å². The second-order valence-electron chi connectivity index (χ2n) is 0.250. The molecular weight excluding hydrogens is 122 g/mol. The molecule has 0 heterocycles. The fourth-order valence-corrected chi connectivity index (χ4v) is 0. The van der Waals surface area contributed by atoms with Gasteiger partial charge < -0.3 is 16.4 Å². The molecule has 0 spiro atoms. The molecule has 0 aromatic carbocycles. The molecule has 0 bridgehead atoms. The predicted octanol–water partition coefficient (Wildman–Crippen LogP) is -5.33. The van der Waals surface area contributed by atoms with Gasteiger partial charge in [0.15, 0.2) is 0 Å². The van der Waals surface area contributed by atoms with Crippen molar-refractivity contribution in [2.24, 2.45) is 0 Å². The van der Waals surface area contributed by atoms with Crippen LogP contribution in [-0.4, -0.2) is 6.16 Å². The molecular formula is CHLiMnO3. The van der Waals surface area contributed by atoms with E-state index in [1.54, 1.807) is 0 Å². The van der Waals surface area contributed by atoms with E-state index in [4.69, 9.17) is 15.0 Å². The summed E-state index contributed by atoms with van der Waals surface area (Å²) in [6.45, 7) is 0. The molecule has 0 aliphatic rings. The summed E-state index contributed by atoms with van der Waals surface area (Å²) < 4.78 is 0. The summed E-state index contributed by atoms with van der Waals surface area (Å²) in [6, 6.07) is 0. The van der Waals surface area contributed by atoms with E-state index in [9.17, 15) is 0 Å². The van der Waals surface area contributed by atoms with Crippen molar-refractivity contribution < 1.29 is 52.4 Å². The van der Waals surface area contributed by atoms with Gasteiger partial charge in [-0.2, -0.15) is 0 Å². The van der Waals surface area contributed by atoms with E-state index >= 15 is 0 Å². The molecule has 0 fully saturated rings. The third-order valence-corrected chi connectivity index (χ3v) is 0. The van der Waals surface area contributed by atoms with E-state index in [0.29, 0.717) is 0 Å². The molecule has 31 valence electrons. The van der Waals surface area contributed by atoms with Crippen LogP contribution in [0.4, 0.5) is 4.79 Å². The second kappa shape index (κ2) is 9.04. The topological polar surface area (TPSA) is 63.2 Å². The van der Waals surface area contributed by atoms with Crippen LogP contribution < -0.4 is 29.1 Å². The van der Waals surface area contributed by atoms with Crippen LogP contribution in [0.1, 0.15) is 1.43 Å². The van der Waals surface area contributed by atoms with E-state index < -0.39 is 6.16 Å². The third kappa shape index (κ3) is 336. The van der Waals surface area contributed by atoms with E-state index in [1.165, 1.54) is 0 Å². The molecule has 0 amide bonds. The summed E-state index contributed by atoms with van der Waals surface area (Å²) in [5, 5.41) is 16.7. The van der Waals surface area contributed by atoms with Crippen LogP contribution in [0.3, 0.4) is 0 Å². The number of carbonyl (C=O) groups excluding carboxylic acids is 1. The molecule has 0 aromatic heterocycles. The van der Waals surface area contributed by atoms with Crippen molar-refractivity contribution in [3.8, 4) is 0 Å². The van der Waals surface area contributed by atoms with Gasteiger partial charge in [0.2, 0.25) is 0 Å². The maximum Gasteiger partial charge on any atom is 2.00 e. The number of carboxylic acid groups (broad SMARTS) is 2. The van der Waals surface area contributed by atoms with Crippen molar-refractivity contribution in [3.63, 3.8) is 0 Å². The molecule has 6 heavy (non-hydrogen) atoms. The summed E-state index contributed by atoms with van der Waals surface area (Å²) >= 11 is 0. The number of carbonyl (C=O) groups is 1. The molecule has 3 nitrogen and oxygen atoms in total. The van der Waals surface area contributed by atoms with Gasteiger partial charge >= 0.3 is 35.9 Å². The first-order valence-electron chi connectivity index (χ1n) is 0.612. The fourth-order valence-electron chi connectivity index (χ4n) is 0. The van der Waals surface area contributed by atoms with Crippen LogP contribution in [0.5, 0.6) is 0 Å². The summed E-state index contributed by atoms with van der Waals surface area (Å²) in [4.78, 5) is 8.33. The first kappa shape index (κ1) is 16.2. The molecule has 0 saturated heterocycles. The van der Waals surface area contributed by atoms with Gasteiger partial charge in [0.1, 0.15) is 0 Å². The molecule has 0 aromatic rings. The quantitative estimate of drug-likeness (QED) is 0.302. The van der Waals surface area contributed by atoms with Crippen molar-refractivity contribution in [2.45, 2.75) is 0 Å². The summed E-state index contributed by atoms with van der Waals surface area (Å²) in [7, 11) is 0. The Morgan fingerprint density at radius 1 is 1.50 bits per heavy atom. The van der Waals surface area contributed by atoms with Gasteiger partial charge in [-0.1, -0.05) is 0 Å². The monoisotopic (exact) mass is 123 g/mol. The third-order valence-electron chi connectivity index (χ3n) is 0. The van der Waals surface area contributed by atoms with Crippen molar-refractivity contribution in [3.05, 3.63) is 0 Å². The number of hydrogen-bond acceptors (Lipinski definition) is 3. The van der Waals surface area contributed by atoms with Gasteiger partial charge in [0.05, 0.1) is 0 Å². The van der Waals surface area contributed by atoms with Gasteiger partial charge in [-0.3, -0.25) is 0 Å². The van der Waals surface area contributed by atoms with Crippen LogP contribution in [0, 0.1) is 0 Å². The van der Waals surface area contributed by atoms with Crippen LogP contribution >= 0.6 is 0 Å². The zero-order valence-corrected chi connectivity index (χ0v) is 4.28. The maximum absolute atomic E-state index is 8.33. The second-order valence-corrected chi connectivity index (χ2v) is 0.250. The van der Waals surface area contributed by atoms with Gasteiger partial charge in [-0.15, -0.1) is 0 Å². The minimum atomic E-state index is -2.33. The Kier molecular flexibility index (Phi) is 24.3. The predicted molar refractivity (Wildman–Crippen MR) is 6.51 cm³/mol. The smallest absolute Gasteiger partial charge is 1.00 e. The molecule has 0 unspecified atom stereocenters. The minimum Gasteiger partial charge on any atom is -1.00 e. The van der Waals surface area contributed by atoms with Crippen molar-refractivity contribution in [1.29, 1.82) is 0 Å². The van der Waals surface area contributed by atoms with Gasteiger partial charge in [-0.05, 0) is 6.16 Å². The Labute approximate surface area is 58.9 Å². The molecule has 0 atom stereocenters. The zero-order chi connectivity index (χ0) is 3.58. The summed E-state index contributed by atoms with van der Waals surface area (Å²) in [6.07, 6.45) is -2.33. The van der Waals surface area contributed by atoms with Crippen molar-refractivity contribution >= 4 is 6.16 Å². The Hall–Kier alpha value is 0.387. The van der Waals surface area contributed by atoms with Gasteiger partial charge in [-0.25, -0.2) is 0 Å². The normalized spacial score (nSPS) is 4.00. The van der Waals surface area contributed by atoms with E-state index in [-0.39, 0.29) is 37.4 Å². The molecule has 0 rings (SSSR count). The maximum atomic E-state index is 8.33. The minimum absolute atomic E-state index is 0. The van der Waals surface area contributed by atoms with Crippen molar-refractivity contribution in [1.82, 2.24) is 0 Å². The van der Waals surface area contributed by atoms with Gasteiger partial charge in [0, 0.05) is 0 Å². The van der Waals surface area contributed by atoms with E-state index in [0.717, 1.165) is 0 Å². The first-order valence-corrected chi connectivity index (χ1v) is 0.612. The molecule has 1 radical (unpaired) electrons. The number of rotatable bonds is 0. The Morgan fingerprint density at radius 2 is 1.50 bits per heavy atom. The van der Waals surface area contributed by atoms with Crippen LogP contribution in [0.2, 0.25) is 0 Å². The Balaban J connectivity index is -0.0000000150. The van der Waals surface area contributed by atoms with Crippen LogP contribution in [0.25, 0.3) is 0 Å². The van der Waals surface area contributed by atoms with E-state index in [1.807, 2.05) is 0 Å². The average Bonchev–Trinajstić information content (AvgIpc) is 0.811. The standard InChI is InChI=1S/CH2O3.Li.Mn.H/c2-1(3)4;;;/h(H2,2,3,4);;;/q;+1;+2;-1/p-2. The van der Waals surface area contributed by atoms with Crippen LogP contribution in [-0.2, 0) is 17.1 Å². The molecule has 0 N–H and O–H groups in total. The number of hydrogen-bond donors (Lipinski definition) is 0. The fraction of sp³-hybridized carbons (Fsp3) is 0. The van der Waals surface area contributed by atoms with Gasteiger partial charge in [0.25, 0.3) is 0 Å².